The van der Waals surface area contributed by atoms with Gasteiger partial charge in [0.25, 0.3) is 40.5 Å². The van der Waals surface area contributed by atoms with E-state index in [2.05, 4.69) is 31.0 Å². The Labute approximate surface area is 362 Å². The van der Waals surface area contributed by atoms with Gasteiger partial charge in [0.2, 0.25) is 5.78 Å². The zero-order chi connectivity index (χ0) is 45.9. The Balaban J connectivity index is 1.17. The molecule has 0 heterocycles. The van der Waals surface area contributed by atoms with E-state index in [1.165, 1.54) is 66.7 Å². The van der Waals surface area contributed by atoms with Gasteiger partial charge in [0.15, 0.2) is 5.71 Å². The van der Waals surface area contributed by atoms with Gasteiger partial charge in [-0.05, 0) is 84.4 Å². The van der Waals surface area contributed by atoms with E-state index in [1.807, 2.05) is 0 Å². The number of nitrogen functional groups attached to an aromatic ring is 1. The fourth-order valence-corrected chi connectivity index (χ4v) is 9.49. The number of nitrogens with zero attached hydrogens (tertiary/aromatic N) is 5. The molecule has 0 fully saturated rings. The van der Waals surface area contributed by atoms with Gasteiger partial charge in [0, 0.05) is 43.6 Å². The highest BCUT2D eigenvalue weighted by atomic mass is 32.2. The average molecular weight is 942 g/mol. The van der Waals surface area contributed by atoms with E-state index in [4.69, 9.17) is 5.73 Å². The smallest absolute Gasteiger partial charge is 0.296 e. The minimum absolute atomic E-state index is 0.0158. The van der Waals surface area contributed by atoms with E-state index in [1.54, 1.807) is 24.3 Å². The molecule has 7 N–H and O–H groups in total. The second kappa shape index (κ2) is 15.9. The van der Waals surface area contributed by atoms with Crippen molar-refractivity contribution in [1.82, 2.24) is 0 Å². The lowest BCUT2D eigenvalue weighted by atomic mass is 9.94. The number of rotatable bonds is 10. The molecule has 64 heavy (non-hydrogen) atoms. The van der Waals surface area contributed by atoms with Crippen LogP contribution in [0.1, 0.15) is 15.9 Å². The van der Waals surface area contributed by atoms with Crippen LogP contribution in [0.25, 0.3) is 38.4 Å². The predicted octanol–water partition coefficient (Wildman–Crippen LogP) is 8.19. The van der Waals surface area contributed by atoms with Crippen LogP contribution in [0, 0.1) is 0 Å². The number of hydrogen-bond acceptors (Lipinski definition) is 16. The number of nitrogens with one attached hydrogen (secondary N) is 1. The zero-order valence-corrected chi connectivity index (χ0v) is 35.2. The number of allylic oxidation sites excluding steroid dienone is 1. The number of fused-ring (bicyclic) bond motifs is 4. The van der Waals surface area contributed by atoms with Crippen LogP contribution >= 0.6 is 0 Å². The molecule has 7 aromatic carbocycles. The first-order chi connectivity index (χ1) is 30.1. The number of Topliss-reactive ketones (excluding diaryl/α,β-unsaturated/α-hetero) is 1. The molecule has 0 amide bonds. The third-order valence-electron chi connectivity index (χ3n) is 9.76. The lowest BCUT2D eigenvalue weighted by molar-refractivity contribution is 0.106. The van der Waals surface area contributed by atoms with E-state index >= 15 is 0 Å². The van der Waals surface area contributed by atoms with Crippen molar-refractivity contribution in [3.8, 4) is 0 Å². The van der Waals surface area contributed by atoms with E-state index in [0.717, 1.165) is 30.3 Å². The first-order valence-corrected chi connectivity index (χ1v) is 23.7. The van der Waals surface area contributed by atoms with Gasteiger partial charge in [0.1, 0.15) is 14.7 Å². The topological polar surface area (TPSA) is 334 Å². The van der Waals surface area contributed by atoms with Gasteiger partial charge in [-0.3, -0.25) is 28.4 Å². The largest absolute Gasteiger partial charge is 0.399 e. The maximum Gasteiger partial charge on any atom is 0.296 e. The number of anilines is 2. The number of ketones is 1. The summed E-state index contributed by atoms with van der Waals surface area (Å²) in [6.45, 7) is 0. The molecule has 0 saturated heterocycles. The van der Waals surface area contributed by atoms with Gasteiger partial charge < -0.3 is 5.73 Å². The monoisotopic (exact) mass is 941 g/mol. The summed E-state index contributed by atoms with van der Waals surface area (Å²) >= 11 is 0. The predicted molar refractivity (Wildman–Crippen MR) is 235 cm³/mol. The molecule has 324 valence electrons. The van der Waals surface area contributed by atoms with Crippen LogP contribution in [0.5, 0.6) is 0 Å². The summed E-state index contributed by atoms with van der Waals surface area (Å²) in [5.41, 5.74) is 8.59. The highest BCUT2D eigenvalue weighted by molar-refractivity contribution is 7.91. The number of benzene rings is 7. The number of carbonyl (C=O) groups is 1. The summed E-state index contributed by atoms with van der Waals surface area (Å²) in [5, 5.41) is 22.0. The molecule has 20 nitrogen and oxygen atoms in total. The number of carbonyl (C=O) groups excluding carboxylic acids is 1. The van der Waals surface area contributed by atoms with Gasteiger partial charge in [-0.15, -0.1) is 15.3 Å². The second-order valence-electron chi connectivity index (χ2n) is 13.8. The summed E-state index contributed by atoms with van der Waals surface area (Å²) in [6.07, 6.45) is 1.03. The Morgan fingerprint density at radius 3 is 1.70 bits per heavy atom. The molecule has 7 aromatic rings. The fourth-order valence-electron chi connectivity index (χ4n) is 6.90. The summed E-state index contributed by atoms with van der Waals surface area (Å²) in [5.74, 6) is -0.875. The SMILES string of the molecule is Nc1ccc2c(c1)C=C(S(=O)(=O)O)/C(=N\Nc1ccc(N=Nc3ccc(N=Nc4cc(S(=O)(=O)O)c5cccc(S(=O)(=O)O)c5c4)c4ccccc34)c3ccc(S(=O)(=O)O)cc13)C2=O. The van der Waals surface area contributed by atoms with Crippen molar-refractivity contribution < 1.29 is 56.7 Å². The third kappa shape index (κ3) is 8.49. The Morgan fingerprint density at radius 1 is 0.500 bits per heavy atom. The molecule has 0 aliphatic heterocycles. The number of nitrogens with two attached hydrogens (primary N) is 1. The Hall–Kier alpha value is -7.16. The normalized spacial score (nSPS) is 14.5. The van der Waals surface area contributed by atoms with Crippen molar-refractivity contribution in [2.24, 2.45) is 25.6 Å². The zero-order valence-electron chi connectivity index (χ0n) is 32.0. The van der Waals surface area contributed by atoms with Crippen LogP contribution < -0.4 is 11.2 Å². The number of azo groups is 2. The summed E-state index contributed by atoms with van der Waals surface area (Å²) < 4.78 is 138. The van der Waals surface area contributed by atoms with E-state index in [9.17, 15) is 56.7 Å². The quantitative estimate of drug-likeness (QED) is 0.0326. The fraction of sp³-hybridized carbons (Fsp3) is 0. The standard InChI is InChI=1S/C40H27N7O13S4/c41-22-8-10-25-21(16-22)17-38(64(58,59)60)39(40(25)48)47-46-35-15-14-34(28-11-9-24(20-30(28)35)61(49,50)51)45-44-33-13-12-32(26-4-1-2-5-27(26)33)43-42-23-18-31-29(37(19-23)63(55,56)57)6-3-7-36(31)62(52,53)54/h1-20,46H,41H2,(H,49,50,51)(H,52,53,54)(H,55,56,57)(H,58,59,60)/b43-42?,45-44?,47-39+. The number of hydrogen-bond donors (Lipinski definition) is 6. The molecular weight excluding hydrogens is 915 g/mol. The second-order valence-corrected chi connectivity index (χ2v) is 19.4. The summed E-state index contributed by atoms with van der Waals surface area (Å²) in [4.78, 5) is 10.8. The Bertz CT molecular complexity index is 3800. The van der Waals surface area contributed by atoms with E-state index < -0.39 is 71.6 Å². The van der Waals surface area contributed by atoms with Crippen molar-refractivity contribution >= 4 is 124 Å². The van der Waals surface area contributed by atoms with Crippen molar-refractivity contribution in [3.05, 3.63) is 131 Å². The van der Waals surface area contributed by atoms with Crippen LogP contribution in [0.15, 0.2) is 160 Å². The molecule has 0 spiro atoms. The van der Waals surface area contributed by atoms with Crippen LogP contribution in [0.4, 0.5) is 34.1 Å². The van der Waals surface area contributed by atoms with Gasteiger partial charge >= 0.3 is 0 Å². The van der Waals surface area contributed by atoms with Crippen LogP contribution in [-0.4, -0.2) is 63.4 Å². The molecule has 0 aromatic heterocycles. The number of hydrazone groups is 1. The molecule has 0 radical (unpaired) electrons. The maximum atomic E-state index is 13.4. The molecule has 0 bridgehead atoms. The first kappa shape index (κ1) is 43.5. The van der Waals surface area contributed by atoms with Gasteiger partial charge in [-0.1, -0.05) is 42.5 Å². The summed E-state index contributed by atoms with van der Waals surface area (Å²) in [6, 6.07) is 25.9. The average Bonchev–Trinajstić information content (AvgIpc) is 3.22. The molecule has 1 aliphatic carbocycles. The van der Waals surface area contributed by atoms with Crippen molar-refractivity contribution in [1.29, 1.82) is 0 Å². The molecule has 0 saturated carbocycles. The third-order valence-corrected chi connectivity index (χ3v) is 13.3. The van der Waals surface area contributed by atoms with Crippen molar-refractivity contribution in [2.75, 3.05) is 11.2 Å². The van der Waals surface area contributed by atoms with Crippen LogP contribution in [0.2, 0.25) is 0 Å². The highest BCUT2D eigenvalue weighted by Gasteiger charge is 2.33. The van der Waals surface area contributed by atoms with Gasteiger partial charge in [0.05, 0.1) is 33.3 Å². The molecule has 1 aliphatic rings. The Morgan fingerprint density at radius 2 is 1.09 bits per heavy atom. The lowest BCUT2D eigenvalue weighted by Crippen LogP contribution is -2.27. The summed E-state index contributed by atoms with van der Waals surface area (Å²) in [7, 11) is -19.5. The molecular formula is C40H27N7O13S4. The maximum absolute atomic E-state index is 13.4. The van der Waals surface area contributed by atoms with Crippen molar-refractivity contribution in [2.45, 2.75) is 14.7 Å². The first-order valence-electron chi connectivity index (χ1n) is 18.0. The Kier molecular flexibility index (Phi) is 10.8. The highest BCUT2D eigenvalue weighted by Crippen LogP contribution is 2.39. The van der Waals surface area contributed by atoms with Gasteiger partial charge in [-0.2, -0.15) is 43.9 Å². The van der Waals surface area contributed by atoms with Crippen LogP contribution in [0.3, 0.4) is 0 Å². The minimum Gasteiger partial charge on any atom is -0.399 e. The van der Waals surface area contributed by atoms with E-state index in [-0.39, 0.29) is 61.1 Å². The van der Waals surface area contributed by atoms with E-state index in [0.29, 0.717) is 16.5 Å². The molecule has 0 atom stereocenters. The molecule has 24 heteroatoms. The minimum atomic E-state index is -5.01. The molecule has 0 unspecified atom stereocenters. The van der Waals surface area contributed by atoms with Crippen molar-refractivity contribution in [3.63, 3.8) is 0 Å². The molecule has 8 rings (SSSR count). The van der Waals surface area contributed by atoms with Gasteiger partial charge in [-0.25, -0.2) is 0 Å². The lowest BCUT2D eigenvalue weighted by Gasteiger charge is -2.17. The van der Waals surface area contributed by atoms with Crippen LogP contribution in [-0.2, 0) is 40.5 Å².